The van der Waals surface area contributed by atoms with Crippen molar-refractivity contribution in [3.8, 4) is 11.5 Å². The average molecular weight is 444 g/mol. The third-order valence-corrected chi connectivity index (χ3v) is 3.75. The third kappa shape index (κ3) is 3.89. The number of methoxy groups -OCH3 is 2. The lowest BCUT2D eigenvalue weighted by Gasteiger charge is -2.12. The van der Waals surface area contributed by atoms with Crippen LogP contribution in [0.5, 0.6) is 11.5 Å². The number of hydrogen-bond acceptors (Lipinski definition) is 5. The van der Waals surface area contributed by atoms with E-state index >= 15 is 0 Å². The van der Waals surface area contributed by atoms with Crippen molar-refractivity contribution in [2.75, 3.05) is 19.5 Å². The summed E-state index contributed by atoms with van der Waals surface area (Å²) in [6, 6.07) is 5.42. The molecule has 9 heteroatoms. The summed E-state index contributed by atoms with van der Waals surface area (Å²) in [4.78, 5) is 4.33. The second-order valence-electron chi connectivity index (χ2n) is 5.18. The van der Waals surface area contributed by atoms with Crippen molar-refractivity contribution in [2.24, 2.45) is 10.7 Å². The fourth-order valence-corrected chi connectivity index (χ4v) is 2.57. The quantitative estimate of drug-likeness (QED) is 0.415. The number of guanidine groups is 1. The first-order valence-electron chi connectivity index (χ1n) is 7.41. The molecule has 0 saturated heterocycles. The number of aryl methyl sites for hydroxylation is 1. The van der Waals surface area contributed by atoms with Crippen LogP contribution in [0.4, 0.5) is 5.69 Å². The SMILES string of the molecule is COc1ccc(OC)c(NC(N)=NCc2nnc3n2CCC3)c1.I. The summed E-state index contributed by atoms with van der Waals surface area (Å²) >= 11 is 0. The van der Waals surface area contributed by atoms with Crippen LogP contribution in [0.1, 0.15) is 18.1 Å². The van der Waals surface area contributed by atoms with Crippen molar-refractivity contribution in [3.63, 3.8) is 0 Å². The van der Waals surface area contributed by atoms with Crippen LogP contribution in [0.25, 0.3) is 0 Å². The Labute approximate surface area is 157 Å². The van der Waals surface area contributed by atoms with Crippen LogP contribution in [-0.2, 0) is 19.5 Å². The van der Waals surface area contributed by atoms with E-state index in [1.54, 1.807) is 26.4 Å². The summed E-state index contributed by atoms with van der Waals surface area (Å²) in [6.45, 7) is 1.34. The molecule has 3 rings (SSSR count). The minimum Gasteiger partial charge on any atom is -0.497 e. The van der Waals surface area contributed by atoms with Crippen molar-refractivity contribution >= 4 is 35.6 Å². The molecule has 0 aliphatic carbocycles. The van der Waals surface area contributed by atoms with Gasteiger partial charge in [-0.3, -0.25) is 0 Å². The van der Waals surface area contributed by atoms with Gasteiger partial charge in [-0.1, -0.05) is 0 Å². The highest BCUT2D eigenvalue weighted by Gasteiger charge is 2.16. The Morgan fingerprint density at radius 2 is 2.17 bits per heavy atom. The first kappa shape index (κ1) is 18.3. The maximum absolute atomic E-state index is 5.97. The molecule has 24 heavy (non-hydrogen) atoms. The van der Waals surface area contributed by atoms with Gasteiger partial charge < -0.3 is 25.1 Å². The number of halogens is 1. The van der Waals surface area contributed by atoms with E-state index in [1.165, 1.54) is 0 Å². The lowest BCUT2D eigenvalue weighted by molar-refractivity contribution is 0.405. The summed E-state index contributed by atoms with van der Waals surface area (Å²) < 4.78 is 12.6. The van der Waals surface area contributed by atoms with E-state index in [-0.39, 0.29) is 29.9 Å². The van der Waals surface area contributed by atoms with Crippen LogP contribution in [-0.4, -0.2) is 34.9 Å². The monoisotopic (exact) mass is 444 g/mol. The molecular weight excluding hydrogens is 423 g/mol. The number of aliphatic imine (C=N–C) groups is 1. The van der Waals surface area contributed by atoms with Crippen molar-refractivity contribution in [1.29, 1.82) is 0 Å². The first-order valence-corrected chi connectivity index (χ1v) is 7.41. The number of nitrogens with one attached hydrogen (secondary N) is 1. The summed E-state index contributed by atoms with van der Waals surface area (Å²) in [6.07, 6.45) is 2.09. The number of aromatic nitrogens is 3. The fraction of sp³-hybridized carbons (Fsp3) is 0.400. The number of ether oxygens (including phenoxy) is 2. The average Bonchev–Trinajstić information content (AvgIpc) is 3.16. The molecule has 130 valence electrons. The van der Waals surface area contributed by atoms with Gasteiger partial charge in [-0.2, -0.15) is 0 Å². The topological polar surface area (TPSA) is 99.6 Å². The lowest BCUT2D eigenvalue weighted by Crippen LogP contribution is -2.23. The molecular formula is C15H21IN6O2. The van der Waals surface area contributed by atoms with E-state index in [1.807, 2.05) is 6.07 Å². The smallest absolute Gasteiger partial charge is 0.193 e. The molecule has 0 radical (unpaired) electrons. The highest BCUT2D eigenvalue weighted by Crippen LogP contribution is 2.28. The van der Waals surface area contributed by atoms with Gasteiger partial charge in [-0.25, -0.2) is 4.99 Å². The molecule has 0 atom stereocenters. The highest BCUT2D eigenvalue weighted by atomic mass is 127. The molecule has 0 spiro atoms. The zero-order chi connectivity index (χ0) is 16.2. The second kappa shape index (κ2) is 8.18. The molecule has 0 fully saturated rings. The largest absolute Gasteiger partial charge is 0.497 e. The number of hydrogen-bond donors (Lipinski definition) is 2. The molecule has 1 aromatic heterocycles. The number of nitrogens with zero attached hydrogens (tertiary/aromatic N) is 4. The van der Waals surface area contributed by atoms with E-state index < -0.39 is 0 Å². The van der Waals surface area contributed by atoms with Gasteiger partial charge in [0.25, 0.3) is 0 Å². The first-order chi connectivity index (χ1) is 11.2. The molecule has 1 aromatic carbocycles. The molecule has 3 N–H and O–H groups in total. The molecule has 0 bridgehead atoms. The van der Waals surface area contributed by atoms with Crippen molar-refractivity contribution < 1.29 is 9.47 Å². The predicted octanol–water partition coefficient (Wildman–Crippen LogP) is 1.79. The zero-order valence-corrected chi connectivity index (χ0v) is 16.0. The molecule has 8 nitrogen and oxygen atoms in total. The van der Waals surface area contributed by atoms with E-state index in [2.05, 4.69) is 25.1 Å². The highest BCUT2D eigenvalue weighted by molar-refractivity contribution is 14.0. The van der Waals surface area contributed by atoms with Crippen molar-refractivity contribution in [1.82, 2.24) is 14.8 Å². The molecule has 1 aliphatic heterocycles. The van der Waals surface area contributed by atoms with Gasteiger partial charge in [0.05, 0.1) is 19.9 Å². The Morgan fingerprint density at radius 3 is 2.92 bits per heavy atom. The van der Waals surface area contributed by atoms with Gasteiger partial charge in [0.1, 0.15) is 23.9 Å². The molecule has 0 saturated carbocycles. The Kier molecular flexibility index (Phi) is 6.23. The van der Waals surface area contributed by atoms with Crippen molar-refractivity contribution in [2.45, 2.75) is 25.9 Å². The minimum absolute atomic E-state index is 0. The fourth-order valence-electron chi connectivity index (χ4n) is 2.57. The molecule has 2 heterocycles. The van der Waals surface area contributed by atoms with Crippen LogP contribution in [0, 0.1) is 0 Å². The van der Waals surface area contributed by atoms with Gasteiger partial charge >= 0.3 is 0 Å². The van der Waals surface area contributed by atoms with E-state index in [0.29, 0.717) is 23.7 Å². The van der Waals surface area contributed by atoms with Gasteiger partial charge in [-0.15, -0.1) is 34.2 Å². The summed E-state index contributed by atoms with van der Waals surface area (Å²) in [5.74, 6) is 3.51. The van der Waals surface area contributed by atoms with Gasteiger partial charge in [0, 0.05) is 19.0 Å². The Morgan fingerprint density at radius 1 is 1.33 bits per heavy atom. The summed E-state index contributed by atoms with van der Waals surface area (Å²) in [5, 5.41) is 11.3. The Bertz CT molecular complexity index is 731. The lowest BCUT2D eigenvalue weighted by atomic mass is 10.2. The zero-order valence-electron chi connectivity index (χ0n) is 13.7. The Hall–Kier alpha value is -2.04. The molecule has 0 unspecified atom stereocenters. The number of nitrogens with two attached hydrogens (primary N) is 1. The van der Waals surface area contributed by atoms with Crippen LogP contribution in [0.3, 0.4) is 0 Å². The van der Waals surface area contributed by atoms with E-state index in [9.17, 15) is 0 Å². The number of fused-ring (bicyclic) bond motifs is 1. The number of rotatable bonds is 5. The number of benzene rings is 1. The van der Waals surface area contributed by atoms with Crippen LogP contribution < -0.4 is 20.5 Å². The standard InChI is InChI=1S/C15H20N6O2.HI/c1-22-10-5-6-12(23-2)11(8-10)18-15(16)17-9-14-20-19-13-4-3-7-21(13)14;/h5-6,8H,3-4,7,9H2,1-2H3,(H3,16,17,18);1H. The normalized spacial score (nSPS) is 13.2. The Balaban J connectivity index is 0.00000208. The van der Waals surface area contributed by atoms with Gasteiger partial charge in [0.15, 0.2) is 11.8 Å². The van der Waals surface area contributed by atoms with E-state index in [0.717, 1.165) is 31.0 Å². The second-order valence-corrected chi connectivity index (χ2v) is 5.18. The molecule has 1 aliphatic rings. The van der Waals surface area contributed by atoms with Crippen LogP contribution in [0.2, 0.25) is 0 Å². The predicted molar refractivity (Wildman–Crippen MR) is 102 cm³/mol. The van der Waals surface area contributed by atoms with Crippen LogP contribution in [0.15, 0.2) is 23.2 Å². The third-order valence-electron chi connectivity index (χ3n) is 3.75. The van der Waals surface area contributed by atoms with Gasteiger partial charge in [0.2, 0.25) is 0 Å². The summed E-state index contributed by atoms with van der Waals surface area (Å²) in [5.41, 5.74) is 6.66. The minimum atomic E-state index is 0. The number of anilines is 1. The van der Waals surface area contributed by atoms with Crippen molar-refractivity contribution in [3.05, 3.63) is 29.8 Å². The van der Waals surface area contributed by atoms with Crippen LogP contribution >= 0.6 is 24.0 Å². The maximum atomic E-state index is 5.97. The van der Waals surface area contributed by atoms with E-state index in [4.69, 9.17) is 15.2 Å². The summed E-state index contributed by atoms with van der Waals surface area (Å²) in [7, 11) is 3.20. The molecule has 2 aromatic rings. The van der Waals surface area contributed by atoms with Gasteiger partial charge in [-0.05, 0) is 18.6 Å². The molecule has 0 amide bonds. The maximum Gasteiger partial charge on any atom is 0.193 e.